The van der Waals surface area contributed by atoms with Gasteiger partial charge in [-0.3, -0.25) is 4.79 Å². The van der Waals surface area contributed by atoms with E-state index < -0.39 is 5.60 Å². The number of rotatable bonds is 8. The third kappa shape index (κ3) is 26.9. The van der Waals surface area contributed by atoms with Crippen molar-refractivity contribution in [3.05, 3.63) is 80.9 Å². The Labute approximate surface area is 232 Å². The van der Waals surface area contributed by atoms with Gasteiger partial charge in [0.2, 0.25) is 0 Å². The number of aryl methyl sites for hydroxylation is 3. The number of benzene rings is 1. The van der Waals surface area contributed by atoms with Gasteiger partial charge in [0, 0.05) is 4.47 Å². The van der Waals surface area contributed by atoms with Crippen molar-refractivity contribution >= 4 is 21.7 Å². The van der Waals surface area contributed by atoms with Gasteiger partial charge in [0.1, 0.15) is 0 Å². The van der Waals surface area contributed by atoms with Gasteiger partial charge in [-0.25, -0.2) is 0 Å². The number of ketones is 1. The highest BCUT2D eigenvalue weighted by Crippen LogP contribution is 2.20. The lowest BCUT2D eigenvalue weighted by atomic mass is 9.94. The second-order valence-electron chi connectivity index (χ2n) is 10.2. The zero-order valence-corrected chi connectivity index (χ0v) is 27.0. The number of carbonyl (C=O) groups excluding carboxylic acids is 1. The average molecular weight is 564 g/mol. The lowest BCUT2D eigenvalue weighted by Crippen LogP contribution is -2.23. The van der Waals surface area contributed by atoms with Gasteiger partial charge in [-0.05, 0) is 111 Å². The van der Waals surface area contributed by atoms with E-state index in [1.165, 1.54) is 57.3 Å². The minimum Gasteiger partial charge on any atom is -0.390 e. The number of carbonyl (C=O) groups is 1. The molecule has 0 heterocycles. The largest absolute Gasteiger partial charge is 0.390 e. The van der Waals surface area contributed by atoms with Gasteiger partial charge in [0.25, 0.3) is 0 Å². The molecule has 0 spiro atoms. The lowest BCUT2D eigenvalue weighted by molar-refractivity contribution is -0.112. The van der Waals surface area contributed by atoms with Gasteiger partial charge in [-0.1, -0.05) is 96.6 Å². The summed E-state index contributed by atoms with van der Waals surface area (Å²) in [6, 6.07) is 4.35. The fourth-order valence-electron chi connectivity index (χ4n) is 2.95. The maximum atomic E-state index is 9.69. The molecule has 2 nitrogen and oxygen atoms in total. The fraction of sp³-hybridized carbons (Fsp3) is 0.545. The topological polar surface area (TPSA) is 37.3 Å². The van der Waals surface area contributed by atoms with Gasteiger partial charge >= 0.3 is 0 Å². The molecule has 1 aromatic rings. The molecule has 1 rings (SSSR count). The number of hydrogen-bond acceptors (Lipinski definition) is 2. The third-order valence-corrected chi connectivity index (χ3v) is 5.97. The molecule has 0 saturated heterocycles. The quantitative estimate of drug-likeness (QED) is 0.252. The van der Waals surface area contributed by atoms with Crippen LogP contribution >= 0.6 is 15.9 Å². The summed E-state index contributed by atoms with van der Waals surface area (Å²) in [7, 11) is 0. The Morgan fingerprint density at radius 2 is 1.39 bits per heavy atom. The van der Waals surface area contributed by atoms with Crippen LogP contribution < -0.4 is 0 Å². The van der Waals surface area contributed by atoms with Crippen molar-refractivity contribution < 1.29 is 9.90 Å². The Hall–Kier alpha value is -1.71. The maximum Gasteiger partial charge on any atom is 0.152 e. The van der Waals surface area contributed by atoms with Gasteiger partial charge in [0.15, 0.2) is 5.78 Å². The molecule has 1 aromatic carbocycles. The summed E-state index contributed by atoms with van der Waals surface area (Å²) >= 11 is 3.48. The molecule has 0 fully saturated rings. The minimum absolute atomic E-state index is 0.0185. The van der Waals surface area contributed by atoms with Crippen LogP contribution in [0, 0.1) is 20.8 Å². The third-order valence-electron chi connectivity index (χ3n) is 5.12. The van der Waals surface area contributed by atoms with Crippen LogP contribution in [0.25, 0.3) is 0 Å². The first-order chi connectivity index (χ1) is 16.5. The van der Waals surface area contributed by atoms with Crippen molar-refractivity contribution in [2.45, 2.75) is 121 Å². The molecule has 0 amide bonds. The van der Waals surface area contributed by atoms with E-state index in [-0.39, 0.29) is 5.78 Å². The molecule has 1 N–H and O–H groups in total. The zero-order valence-electron chi connectivity index (χ0n) is 25.4. The van der Waals surface area contributed by atoms with Crippen LogP contribution in [0.2, 0.25) is 0 Å². The van der Waals surface area contributed by atoms with Crippen LogP contribution in [0.5, 0.6) is 0 Å². The first-order valence-electron chi connectivity index (χ1n) is 13.1. The molecule has 0 aliphatic carbocycles. The molecule has 1 atom stereocenters. The lowest BCUT2D eigenvalue weighted by Gasteiger charge is -2.21. The molecule has 0 aliphatic rings. The van der Waals surface area contributed by atoms with E-state index in [2.05, 4.69) is 122 Å². The summed E-state index contributed by atoms with van der Waals surface area (Å²) < 4.78 is 1.20. The van der Waals surface area contributed by atoms with E-state index >= 15 is 0 Å². The smallest absolute Gasteiger partial charge is 0.152 e. The van der Waals surface area contributed by atoms with Crippen molar-refractivity contribution in [1.29, 1.82) is 0 Å². The normalized spacial score (nSPS) is 11.7. The first kappa shape index (κ1) is 38.8. The van der Waals surface area contributed by atoms with Crippen molar-refractivity contribution in [3.63, 3.8) is 0 Å². The van der Waals surface area contributed by atoms with Crippen molar-refractivity contribution in [2.75, 3.05) is 0 Å². The van der Waals surface area contributed by atoms with Crippen molar-refractivity contribution in [2.24, 2.45) is 0 Å². The van der Waals surface area contributed by atoms with Gasteiger partial charge < -0.3 is 5.11 Å². The molecule has 0 radical (unpaired) electrons. The van der Waals surface area contributed by atoms with E-state index in [0.717, 1.165) is 25.7 Å². The molecular formula is C33H55BrO2. The van der Waals surface area contributed by atoms with E-state index in [4.69, 9.17) is 0 Å². The molecule has 1 unspecified atom stereocenters. The minimum atomic E-state index is -0.398. The Kier molecular flexibility index (Phi) is 24.2. The van der Waals surface area contributed by atoms with Gasteiger partial charge in [-0.15, -0.1) is 0 Å². The SMILES string of the molecule is C=CC(C)=O.CC(C)=C/C=C(/C)C=C(C)C.CCCCC(C)(O)CCC.Cc1cc(C)c(Br)cc1C. The predicted molar refractivity (Wildman–Crippen MR) is 167 cm³/mol. The van der Waals surface area contributed by atoms with E-state index in [1.807, 2.05) is 6.92 Å². The molecule has 206 valence electrons. The first-order valence-corrected chi connectivity index (χ1v) is 13.9. The second-order valence-corrected chi connectivity index (χ2v) is 11.1. The van der Waals surface area contributed by atoms with Crippen LogP contribution in [0.1, 0.15) is 111 Å². The highest BCUT2D eigenvalue weighted by molar-refractivity contribution is 9.10. The number of allylic oxidation sites excluding steroid dienone is 7. The average Bonchev–Trinajstić information content (AvgIpc) is 2.76. The summed E-state index contributed by atoms with van der Waals surface area (Å²) in [6.07, 6.45) is 13.0. The summed E-state index contributed by atoms with van der Waals surface area (Å²) in [6.45, 7) is 27.8. The second kappa shape index (κ2) is 22.5. The van der Waals surface area contributed by atoms with E-state index in [1.54, 1.807) is 0 Å². The van der Waals surface area contributed by atoms with Crippen LogP contribution in [0.3, 0.4) is 0 Å². The zero-order chi connectivity index (χ0) is 28.9. The molecule has 3 heteroatoms. The van der Waals surface area contributed by atoms with Crippen molar-refractivity contribution in [1.82, 2.24) is 0 Å². The summed E-state index contributed by atoms with van der Waals surface area (Å²) in [5.41, 5.74) is 7.62. The monoisotopic (exact) mass is 562 g/mol. The van der Waals surface area contributed by atoms with E-state index in [9.17, 15) is 9.90 Å². The predicted octanol–water partition coefficient (Wildman–Crippen LogP) is 10.7. The van der Waals surface area contributed by atoms with Crippen LogP contribution in [0.4, 0.5) is 0 Å². The Morgan fingerprint density at radius 1 is 0.889 bits per heavy atom. The highest BCUT2D eigenvalue weighted by Gasteiger charge is 2.17. The Balaban J connectivity index is -0.000000416. The number of hydrogen-bond donors (Lipinski definition) is 1. The number of unbranched alkanes of at least 4 members (excludes halogenated alkanes) is 1. The fourth-order valence-corrected chi connectivity index (χ4v) is 3.41. The van der Waals surface area contributed by atoms with E-state index in [0.29, 0.717) is 0 Å². The molecule has 0 saturated carbocycles. The molecule has 36 heavy (non-hydrogen) atoms. The maximum absolute atomic E-state index is 9.69. The van der Waals surface area contributed by atoms with Gasteiger partial charge in [-0.2, -0.15) is 0 Å². The summed E-state index contributed by atoms with van der Waals surface area (Å²) in [4.78, 5) is 9.69. The number of halogens is 1. The van der Waals surface area contributed by atoms with Crippen molar-refractivity contribution in [3.8, 4) is 0 Å². The molecule has 0 aromatic heterocycles. The standard InChI is InChI=1S/C11H18.C9H11Br.C9H20O.C4H6O/c1-9(2)6-7-11(5)8-10(3)4;1-6-4-8(3)9(10)5-7(6)2;1-4-6-8-9(3,10)7-5-2;1-3-4(2)5/h6-8H,1-5H3;4-5H,1-3H3;10H,4-8H2,1-3H3;3H,1H2,2H3/b11-7-;;;. The molecule has 0 aliphatic heterocycles. The van der Waals surface area contributed by atoms with Crippen LogP contribution in [-0.2, 0) is 4.79 Å². The Bertz CT molecular complexity index is 796. The molecular weight excluding hydrogens is 508 g/mol. The van der Waals surface area contributed by atoms with Gasteiger partial charge in [0.05, 0.1) is 5.60 Å². The number of aliphatic hydroxyl groups is 1. The Morgan fingerprint density at radius 3 is 1.75 bits per heavy atom. The summed E-state index contributed by atoms with van der Waals surface area (Å²) in [5.74, 6) is 0.0185. The summed E-state index contributed by atoms with van der Waals surface area (Å²) in [5, 5.41) is 9.65. The highest BCUT2D eigenvalue weighted by atomic mass is 79.9. The molecule has 0 bridgehead atoms. The van der Waals surface area contributed by atoms with Crippen LogP contribution in [0.15, 0.2) is 64.2 Å². The van der Waals surface area contributed by atoms with Crippen LogP contribution in [-0.4, -0.2) is 16.5 Å².